The van der Waals surface area contributed by atoms with E-state index in [1.54, 1.807) is 7.05 Å². The monoisotopic (exact) mass is 437 g/mol. The molecule has 0 radical (unpaired) electrons. The number of guanidine groups is 1. The maximum atomic E-state index is 12.8. The van der Waals surface area contributed by atoms with Gasteiger partial charge >= 0.3 is 0 Å². The minimum atomic E-state index is -0.188. The molecule has 1 aliphatic heterocycles. The maximum absolute atomic E-state index is 12.8. The minimum absolute atomic E-state index is 0. The van der Waals surface area contributed by atoms with Crippen molar-refractivity contribution in [1.29, 1.82) is 0 Å². The summed E-state index contributed by atoms with van der Waals surface area (Å²) in [6, 6.07) is 6.65. The lowest BCUT2D eigenvalue weighted by atomic mass is 10.1. The fraction of sp³-hybridized carbons (Fsp3) is 0.562. The molecule has 0 aromatic heterocycles. The van der Waals surface area contributed by atoms with Crippen LogP contribution >= 0.6 is 35.7 Å². The quantitative estimate of drug-likeness (QED) is 0.421. The molecule has 1 saturated heterocycles. The zero-order chi connectivity index (χ0) is 15.1. The van der Waals surface area contributed by atoms with Crippen LogP contribution in [-0.4, -0.2) is 36.6 Å². The van der Waals surface area contributed by atoms with Crippen LogP contribution in [0.5, 0.6) is 0 Å². The molecule has 1 heterocycles. The molecule has 1 atom stereocenters. The lowest BCUT2D eigenvalue weighted by molar-refractivity contribution is 0.584. The first-order valence-corrected chi connectivity index (χ1v) is 8.43. The van der Waals surface area contributed by atoms with Crippen LogP contribution in [0.25, 0.3) is 0 Å². The molecular weight excluding hydrogens is 412 g/mol. The Morgan fingerprint density at radius 3 is 2.64 bits per heavy atom. The Morgan fingerprint density at radius 1 is 1.32 bits per heavy atom. The molecular formula is C16H25FIN3S. The van der Waals surface area contributed by atoms with Gasteiger partial charge in [-0.25, -0.2) is 4.39 Å². The predicted molar refractivity (Wildman–Crippen MR) is 105 cm³/mol. The Kier molecular flexibility index (Phi) is 8.53. The molecule has 1 aromatic carbocycles. The van der Waals surface area contributed by atoms with Crippen LogP contribution in [0.4, 0.5) is 4.39 Å². The van der Waals surface area contributed by atoms with Gasteiger partial charge in [0.25, 0.3) is 0 Å². The molecule has 1 unspecified atom stereocenters. The number of benzene rings is 1. The van der Waals surface area contributed by atoms with Crippen molar-refractivity contribution in [2.24, 2.45) is 4.99 Å². The first kappa shape index (κ1) is 19.5. The van der Waals surface area contributed by atoms with E-state index in [1.807, 2.05) is 23.9 Å². The highest BCUT2D eigenvalue weighted by atomic mass is 127. The molecule has 0 spiro atoms. The van der Waals surface area contributed by atoms with Crippen LogP contribution in [0, 0.1) is 5.82 Å². The van der Waals surface area contributed by atoms with E-state index in [4.69, 9.17) is 0 Å². The van der Waals surface area contributed by atoms with Gasteiger partial charge < -0.3 is 10.6 Å². The molecule has 0 aliphatic carbocycles. The number of nitrogens with one attached hydrogen (secondary N) is 2. The number of hydrogen-bond donors (Lipinski definition) is 2. The van der Waals surface area contributed by atoms with Gasteiger partial charge in [0.15, 0.2) is 5.96 Å². The van der Waals surface area contributed by atoms with Crippen LogP contribution in [0.3, 0.4) is 0 Å². The number of halogens is 2. The van der Waals surface area contributed by atoms with Crippen molar-refractivity contribution in [3.05, 3.63) is 35.6 Å². The van der Waals surface area contributed by atoms with Gasteiger partial charge in [-0.3, -0.25) is 4.99 Å². The summed E-state index contributed by atoms with van der Waals surface area (Å²) in [5.41, 5.74) is 1.12. The van der Waals surface area contributed by atoms with Gasteiger partial charge in [0.05, 0.1) is 0 Å². The van der Waals surface area contributed by atoms with E-state index in [9.17, 15) is 4.39 Å². The Labute approximate surface area is 154 Å². The second-order valence-electron chi connectivity index (χ2n) is 5.63. The summed E-state index contributed by atoms with van der Waals surface area (Å²) in [6.45, 7) is 4.03. The van der Waals surface area contributed by atoms with E-state index in [0.717, 1.165) is 31.0 Å². The Balaban J connectivity index is 0.00000242. The molecule has 0 saturated carbocycles. The normalized spacial score (nSPS) is 21.3. The van der Waals surface area contributed by atoms with Gasteiger partial charge in [0, 0.05) is 24.9 Å². The summed E-state index contributed by atoms with van der Waals surface area (Å²) in [5, 5.41) is 6.71. The fourth-order valence-corrected chi connectivity index (χ4v) is 3.69. The van der Waals surface area contributed by atoms with Gasteiger partial charge in [-0.1, -0.05) is 12.1 Å². The van der Waals surface area contributed by atoms with Gasteiger partial charge in [0.1, 0.15) is 5.82 Å². The van der Waals surface area contributed by atoms with Crippen molar-refractivity contribution in [1.82, 2.24) is 10.6 Å². The number of nitrogens with zero attached hydrogens (tertiary/aromatic N) is 1. The smallest absolute Gasteiger partial charge is 0.191 e. The Hall–Kier alpha value is -0.500. The van der Waals surface area contributed by atoms with E-state index in [2.05, 4.69) is 22.5 Å². The molecule has 2 N–H and O–H groups in total. The van der Waals surface area contributed by atoms with Gasteiger partial charge in [0.2, 0.25) is 0 Å². The fourth-order valence-electron chi connectivity index (χ4n) is 2.44. The highest BCUT2D eigenvalue weighted by Gasteiger charge is 2.29. The zero-order valence-corrected chi connectivity index (χ0v) is 16.3. The molecule has 0 bridgehead atoms. The summed E-state index contributed by atoms with van der Waals surface area (Å²) >= 11 is 2.04. The third kappa shape index (κ3) is 6.32. The van der Waals surface area contributed by atoms with E-state index in [1.165, 1.54) is 30.7 Å². The van der Waals surface area contributed by atoms with Crippen LogP contribution < -0.4 is 10.6 Å². The molecule has 3 nitrogen and oxygen atoms in total. The molecule has 1 fully saturated rings. The van der Waals surface area contributed by atoms with E-state index in [0.29, 0.717) is 4.75 Å². The summed E-state index contributed by atoms with van der Waals surface area (Å²) in [4.78, 5) is 4.25. The Morgan fingerprint density at radius 2 is 2.05 bits per heavy atom. The number of hydrogen-bond acceptors (Lipinski definition) is 2. The standard InChI is InChI=1S/C16H24FN3S.HI/c1-16(9-3-11-21-16)12-20-15(18-2)19-10-8-13-4-6-14(17)7-5-13;/h4-7H,3,8-12H2,1-2H3,(H2,18,19,20);1H. The lowest BCUT2D eigenvalue weighted by Gasteiger charge is -2.24. The largest absolute Gasteiger partial charge is 0.356 e. The van der Waals surface area contributed by atoms with Gasteiger partial charge in [-0.15, -0.1) is 24.0 Å². The maximum Gasteiger partial charge on any atom is 0.191 e. The van der Waals surface area contributed by atoms with E-state index >= 15 is 0 Å². The second kappa shape index (κ2) is 9.60. The SMILES string of the molecule is CN=C(NCCc1ccc(F)cc1)NCC1(C)CCCS1.I. The zero-order valence-electron chi connectivity index (χ0n) is 13.2. The number of rotatable bonds is 5. The molecule has 1 aromatic rings. The third-order valence-electron chi connectivity index (χ3n) is 3.77. The number of aliphatic imine (C=N–C) groups is 1. The van der Waals surface area contributed by atoms with Crippen molar-refractivity contribution < 1.29 is 4.39 Å². The molecule has 124 valence electrons. The van der Waals surface area contributed by atoms with Crippen molar-refractivity contribution in [2.75, 3.05) is 25.9 Å². The van der Waals surface area contributed by atoms with Gasteiger partial charge in [-0.05, 0) is 49.6 Å². The highest BCUT2D eigenvalue weighted by molar-refractivity contribution is 14.0. The number of thioether (sulfide) groups is 1. The summed E-state index contributed by atoms with van der Waals surface area (Å²) in [7, 11) is 1.79. The topological polar surface area (TPSA) is 36.4 Å². The molecule has 0 amide bonds. The van der Waals surface area contributed by atoms with E-state index < -0.39 is 0 Å². The molecule has 1 aliphatic rings. The third-order valence-corrected chi connectivity index (χ3v) is 5.31. The molecule has 22 heavy (non-hydrogen) atoms. The van der Waals surface area contributed by atoms with Crippen LogP contribution in [0.15, 0.2) is 29.3 Å². The van der Waals surface area contributed by atoms with Crippen molar-refractivity contribution in [2.45, 2.75) is 30.9 Å². The van der Waals surface area contributed by atoms with Crippen molar-refractivity contribution in [3.63, 3.8) is 0 Å². The minimum Gasteiger partial charge on any atom is -0.356 e. The highest BCUT2D eigenvalue weighted by Crippen LogP contribution is 2.36. The second-order valence-corrected chi connectivity index (χ2v) is 7.31. The average Bonchev–Trinajstić information content (AvgIpc) is 2.92. The Bertz CT molecular complexity index is 473. The van der Waals surface area contributed by atoms with E-state index in [-0.39, 0.29) is 29.8 Å². The van der Waals surface area contributed by atoms with Crippen LogP contribution in [-0.2, 0) is 6.42 Å². The average molecular weight is 437 g/mol. The summed E-state index contributed by atoms with van der Waals surface area (Å²) < 4.78 is 13.2. The first-order chi connectivity index (χ1) is 10.1. The first-order valence-electron chi connectivity index (χ1n) is 7.44. The van der Waals surface area contributed by atoms with Crippen LogP contribution in [0.2, 0.25) is 0 Å². The predicted octanol–water partition coefficient (Wildman–Crippen LogP) is 3.44. The summed E-state index contributed by atoms with van der Waals surface area (Å²) in [5.74, 6) is 1.91. The molecule has 2 rings (SSSR count). The molecule has 6 heteroatoms. The lowest BCUT2D eigenvalue weighted by Crippen LogP contribution is -2.44. The van der Waals surface area contributed by atoms with Crippen LogP contribution in [0.1, 0.15) is 25.3 Å². The van der Waals surface area contributed by atoms with Crippen molar-refractivity contribution in [3.8, 4) is 0 Å². The van der Waals surface area contributed by atoms with Crippen molar-refractivity contribution >= 4 is 41.7 Å². The summed E-state index contributed by atoms with van der Waals surface area (Å²) in [6.07, 6.45) is 3.42. The van der Waals surface area contributed by atoms with Gasteiger partial charge in [-0.2, -0.15) is 11.8 Å².